The zero-order valence-corrected chi connectivity index (χ0v) is 13.4. The van der Waals surface area contributed by atoms with E-state index in [1.54, 1.807) is 0 Å². The van der Waals surface area contributed by atoms with E-state index in [2.05, 4.69) is 19.9 Å². The van der Waals surface area contributed by atoms with Crippen LogP contribution in [0.5, 0.6) is 0 Å². The second-order valence-corrected chi connectivity index (χ2v) is 6.96. The van der Waals surface area contributed by atoms with E-state index in [0.717, 1.165) is 18.0 Å². The SMILES string of the molecule is CC(C)NC(=O)c1c(N)nsc1NC1CCN2CCCC12. The summed E-state index contributed by atoms with van der Waals surface area (Å²) in [5, 5.41) is 7.23. The van der Waals surface area contributed by atoms with Crippen molar-refractivity contribution in [2.45, 2.75) is 51.2 Å². The molecular formula is C14H23N5OS. The molecule has 4 N–H and O–H groups in total. The van der Waals surface area contributed by atoms with Gasteiger partial charge >= 0.3 is 0 Å². The van der Waals surface area contributed by atoms with Crippen molar-refractivity contribution in [1.82, 2.24) is 14.6 Å². The van der Waals surface area contributed by atoms with E-state index in [0.29, 0.717) is 23.5 Å². The average molecular weight is 309 g/mol. The molecule has 2 atom stereocenters. The van der Waals surface area contributed by atoms with Gasteiger partial charge in [0.1, 0.15) is 10.6 Å². The molecule has 21 heavy (non-hydrogen) atoms. The number of carbonyl (C=O) groups excluding carboxylic acids is 1. The van der Waals surface area contributed by atoms with Gasteiger partial charge in [-0.2, -0.15) is 4.37 Å². The quantitative estimate of drug-likeness (QED) is 0.785. The van der Waals surface area contributed by atoms with Gasteiger partial charge in [-0.3, -0.25) is 9.69 Å². The van der Waals surface area contributed by atoms with Crippen LogP contribution < -0.4 is 16.4 Å². The van der Waals surface area contributed by atoms with Crippen LogP contribution in [0.1, 0.15) is 43.5 Å². The highest BCUT2D eigenvalue weighted by Gasteiger charge is 2.38. The molecule has 1 aromatic heterocycles. The number of carbonyl (C=O) groups is 1. The minimum atomic E-state index is -0.139. The molecule has 6 nitrogen and oxygen atoms in total. The molecule has 0 spiro atoms. The minimum absolute atomic E-state index is 0.0847. The van der Waals surface area contributed by atoms with Crippen molar-refractivity contribution < 1.29 is 4.79 Å². The predicted octanol–water partition coefficient (Wildman–Crippen LogP) is 1.51. The average Bonchev–Trinajstić information content (AvgIpc) is 3.06. The van der Waals surface area contributed by atoms with Gasteiger partial charge in [0.15, 0.2) is 5.82 Å². The third-order valence-electron chi connectivity index (χ3n) is 4.29. The van der Waals surface area contributed by atoms with Crippen LogP contribution >= 0.6 is 11.5 Å². The number of fused-ring (bicyclic) bond motifs is 1. The third-order valence-corrected chi connectivity index (χ3v) is 5.08. The standard InChI is InChI=1S/C14H23N5OS/c1-8(2)16-13(20)11-12(15)18-21-14(11)17-9-5-7-19-6-3-4-10(9)19/h8-10,17H,3-7H2,1-2H3,(H2,15,18)(H,16,20). The van der Waals surface area contributed by atoms with Crippen LogP contribution in [-0.4, -0.2) is 46.4 Å². The number of rotatable bonds is 4. The number of nitrogens with two attached hydrogens (primary N) is 1. The number of amides is 1. The first-order valence-electron chi connectivity index (χ1n) is 7.63. The summed E-state index contributed by atoms with van der Waals surface area (Å²) in [7, 11) is 0. The highest BCUT2D eigenvalue weighted by atomic mass is 32.1. The van der Waals surface area contributed by atoms with Gasteiger partial charge in [-0.1, -0.05) is 0 Å². The largest absolute Gasteiger partial charge is 0.382 e. The Morgan fingerprint density at radius 3 is 3.00 bits per heavy atom. The van der Waals surface area contributed by atoms with Crippen LogP contribution in [0.2, 0.25) is 0 Å². The Kier molecular flexibility index (Phi) is 4.03. The predicted molar refractivity (Wildman–Crippen MR) is 85.8 cm³/mol. The van der Waals surface area contributed by atoms with Crippen molar-refractivity contribution in [1.29, 1.82) is 0 Å². The molecule has 1 amide bonds. The van der Waals surface area contributed by atoms with Crippen LogP contribution in [0.25, 0.3) is 0 Å². The summed E-state index contributed by atoms with van der Waals surface area (Å²) in [6.45, 7) is 6.22. The van der Waals surface area contributed by atoms with Crippen molar-refractivity contribution in [2.75, 3.05) is 24.1 Å². The summed E-state index contributed by atoms with van der Waals surface area (Å²) in [5.41, 5.74) is 6.39. The first-order valence-corrected chi connectivity index (χ1v) is 8.40. The molecule has 2 unspecified atom stereocenters. The Balaban J connectivity index is 1.75. The second-order valence-electron chi connectivity index (χ2n) is 6.19. The topological polar surface area (TPSA) is 83.3 Å². The van der Waals surface area contributed by atoms with E-state index in [4.69, 9.17) is 5.73 Å². The maximum absolute atomic E-state index is 12.3. The van der Waals surface area contributed by atoms with Gasteiger partial charge in [0.25, 0.3) is 5.91 Å². The first kappa shape index (κ1) is 14.6. The van der Waals surface area contributed by atoms with Crippen LogP contribution in [0.15, 0.2) is 0 Å². The van der Waals surface area contributed by atoms with Crippen molar-refractivity contribution in [3.63, 3.8) is 0 Å². The highest BCUT2D eigenvalue weighted by Crippen LogP contribution is 2.33. The molecule has 7 heteroatoms. The van der Waals surface area contributed by atoms with E-state index in [1.807, 2.05) is 13.8 Å². The maximum Gasteiger partial charge on any atom is 0.258 e. The fraction of sp³-hybridized carbons (Fsp3) is 0.714. The molecule has 2 fully saturated rings. The molecule has 0 radical (unpaired) electrons. The summed E-state index contributed by atoms with van der Waals surface area (Å²) in [6.07, 6.45) is 3.63. The van der Waals surface area contributed by atoms with Crippen molar-refractivity contribution >= 4 is 28.3 Å². The summed E-state index contributed by atoms with van der Waals surface area (Å²) < 4.78 is 4.16. The third kappa shape index (κ3) is 2.85. The molecule has 2 saturated heterocycles. The van der Waals surface area contributed by atoms with Crippen LogP contribution in [0, 0.1) is 0 Å². The number of nitrogens with zero attached hydrogens (tertiary/aromatic N) is 2. The summed E-state index contributed by atoms with van der Waals surface area (Å²) in [4.78, 5) is 14.8. The van der Waals surface area contributed by atoms with Crippen LogP contribution in [0.3, 0.4) is 0 Å². The summed E-state index contributed by atoms with van der Waals surface area (Å²) >= 11 is 1.29. The minimum Gasteiger partial charge on any atom is -0.382 e. The molecule has 3 rings (SSSR count). The van der Waals surface area contributed by atoms with E-state index < -0.39 is 0 Å². The highest BCUT2D eigenvalue weighted by molar-refractivity contribution is 7.11. The molecule has 116 valence electrons. The monoisotopic (exact) mass is 309 g/mol. The van der Waals surface area contributed by atoms with Crippen molar-refractivity contribution in [3.05, 3.63) is 5.56 Å². The molecular weight excluding hydrogens is 286 g/mol. The normalized spacial score (nSPS) is 25.3. The lowest BCUT2D eigenvalue weighted by molar-refractivity contribution is 0.0945. The lowest BCUT2D eigenvalue weighted by Crippen LogP contribution is -2.35. The van der Waals surface area contributed by atoms with Gasteiger partial charge in [0.05, 0.1) is 0 Å². The first-order chi connectivity index (χ1) is 10.1. The Morgan fingerprint density at radius 2 is 2.24 bits per heavy atom. The van der Waals surface area contributed by atoms with E-state index in [1.165, 1.54) is 30.9 Å². The number of anilines is 2. The fourth-order valence-electron chi connectivity index (χ4n) is 3.37. The van der Waals surface area contributed by atoms with Gasteiger partial charge < -0.3 is 16.4 Å². The summed E-state index contributed by atoms with van der Waals surface area (Å²) in [5.74, 6) is 0.182. The lowest BCUT2D eigenvalue weighted by atomic mass is 10.1. The molecule has 0 bridgehead atoms. The number of hydrogen-bond acceptors (Lipinski definition) is 6. The van der Waals surface area contributed by atoms with Gasteiger partial charge in [-0.25, -0.2) is 0 Å². The van der Waals surface area contributed by atoms with Crippen LogP contribution in [0.4, 0.5) is 10.8 Å². The van der Waals surface area contributed by atoms with Crippen LogP contribution in [-0.2, 0) is 0 Å². The van der Waals surface area contributed by atoms with E-state index in [-0.39, 0.29) is 11.9 Å². The number of nitrogens with one attached hydrogen (secondary N) is 2. The van der Waals surface area contributed by atoms with Crippen molar-refractivity contribution in [2.24, 2.45) is 0 Å². The van der Waals surface area contributed by atoms with E-state index >= 15 is 0 Å². The molecule has 2 aliphatic heterocycles. The Bertz CT molecular complexity index is 529. The second kappa shape index (κ2) is 5.81. The summed E-state index contributed by atoms with van der Waals surface area (Å²) in [6, 6.07) is 1.08. The molecule has 0 aliphatic carbocycles. The number of hydrogen-bond donors (Lipinski definition) is 3. The van der Waals surface area contributed by atoms with Crippen molar-refractivity contribution in [3.8, 4) is 0 Å². The lowest BCUT2D eigenvalue weighted by Gasteiger charge is -2.21. The molecule has 2 aliphatic rings. The van der Waals surface area contributed by atoms with E-state index in [9.17, 15) is 4.79 Å². The molecule has 0 saturated carbocycles. The Labute approximate surface area is 129 Å². The molecule has 3 heterocycles. The smallest absolute Gasteiger partial charge is 0.258 e. The Hall–Kier alpha value is -1.34. The van der Waals surface area contributed by atoms with Gasteiger partial charge in [-0.15, -0.1) is 0 Å². The van der Waals surface area contributed by atoms with Gasteiger partial charge in [0.2, 0.25) is 0 Å². The van der Waals surface area contributed by atoms with Gasteiger partial charge in [-0.05, 0) is 51.2 Å². The Morgan fingerprint density at radius 1 is 1.43 bits per heavy atom. The molecule has 1 aromatic rings. The number of aromatic nitrogens is 1. The number of nitrogen functional groups attached to an aromatic ring is 1. The zero-order valence-electron chi connectivity index (χ0n) is 12.6. The van der Waals surface area contributed by atoms with Gasteiger partial charge in [0, 0.05) is 24.7 Å². The zero-order chi connectivity index (χ0) is 15.0. The molecule has 0 aromatic carbocycles. The fourth-order valence-corrected chi connectivity index (χ4v) is 4.15. The maximum atomic E-state index is 12.3.